The van der Waals surface area contributed by atoms with Crippen LogP contribution in [0.5, 0.6) is 0 Å². The van der Waals surface area contributed by atoms with Crippen LogP contribution in [0.25, 0.3) is 11.1 Å². The monoisotopic (exact) mass is 426 g/mol. The summed E-state index contributed by atoms with van der Waals surface area (Å²) in [7, 11) is 0. The molecule has 2 aromatic carbocycles. The molecule has 0 heterocycles. The summed E-state index contributed by atoms with van der Waals surface area (Å²) in [6, 6.07) is 13.4. The summed E-state index contributed by atoms with van der Waals surface area (Å²) in [5, 5.41) is 9.33. The standard InChI is InChI=1S/C23H26N2O6/c1-22(2,3)31-21(29)23(25,18(24)19(26)27)20(28)30-12-17-15-10-6-4-8-13(15)14-9-5-7-11-16(14)17/h4-11,17-18H,12,24-25H2,1-3H3,(H,26,27). The molecule has 1 aliphatic carbocycles. The van der Waals surface area contributed by atoms with Gasteiger partial charge in [-0.05, 0) is 43.0 Å². The third-order valence-corrected chi connectivity index (χ3v) is 5.17. The van der Waals surface area contributed by atoms with Crippen LogP contribution in [-0.2, 0) is 23.9 Å². The minimum absolute atomic E-state index is 0.138. The Morgan fingerprint density at radius 2 is 1.45 bits per heavy atom. The lowest BCUT2D eigenvalue weighted by atomic mass is 9.91. The highest BCUT2D eigenvalue weighted by Gasteiger charge is 2.55. The molecular formula is C23H26N2O6. The second-order valence-corrected chi connectivity index (χ2v) is 8.51. The number of carbonyl (C=O) groups excluding carboxylic acids is 2. The van der Waals surface area contributed by atoms with E-state index in [1.165, 1.54) is 0 Å². The zero-order valence-corrected chi connectivity index (χ0v) is 17.6. The Kier molecular flexibility index (Phi) is 5.89. The van der Waals surface area contributed by atoms with Crippen molar-refractivity contribution in [3.63, 3.8) is 0 Å². The molecule has 0 saturated heterocycles. The second kappa shape index (κ2) is 8.13. The highest BCUT2D eigenvalue weighted by molar-refractivity contribution is 6.09. The fraction of sp³-hybridized carbons (Fsp3) is 0.348. The minimum atomic E-state index is -2.70. The van der Waals surface area contributed by atoms with Crippen LogP contribution in [0.2, 0.25) is 0 Å². The Morgan fingerprint density at radius 1 is 0.968 bits per heavy atom. The Bertz CT molecular complexity index is 983. The van der Waals surface area contributed by atoms with Crippen molar-refractivity contribution >= 4 is 17.9 Å². The first-order valence-corrected chi connectivity index (χ1v) is 9.83. The normalized spacial score (nSPS) is 15.9. The van der Waals surface area contributed by atoms with Gasteiger partial charge in [-0.15, -0.1) is 0 Å². The van der Waals surface area contributed by atoms with E-state index in [0.29, 0.717) is 0 Å². The van der Waals surface area contributed by atoms with Crippen molar-refractivity contribution in [3.8, 4) is 11.1 Å². The number of fused-ring (bicyclic) bond motifs is 3. The molecule has 1 aliphatic rings. The van der Waals surface area contributed by atoms with Gasteiger partial charge in [0.1, 0.15) is 18.2 Å². The zero-order valence-electron chi connectivity index (χ0n) is 17.6. The number of rotatable bonds is 6. The van der Waals surface area contributed by atoms with E-state index in [2.05, 4.69) is 0 Å². The van der Waals surface area contributed by atoms with Crippen molar-refractivity contribution < 1.29 is 29.0 Å². The number of esters is 2. The van der Waals surface area contributed by atoms with E-state index >= 15 is 0 Å². The van der Waals surface area contributed by atoms with Gasteiger partial charge >= 0.3 is 17.9 Å². The van der Waals surface area contributed by atoms with Crippen LogP contribution < -0.4 is 11.5 Å². The van der Waals surface area contributed by atoms with Crippen LogP contribution in [0.4, 0.5) is 0 Å². The molecule has 0 radical (unpaired) electrons. The van der Waals surface area contributed by atoms with Crippen LogP contribution in [-0.4, -0.2) is 46.8 Å². The molecule has 0 saturated carbocycles. The highest BCUT2D eigenvalue weighted by atomic mass is 16.6. The van der Waals surface area contributed by atoms with Gasteiger partial charge in [-0.1, -0.05) is 48.5 Å². The summed E-state index contributed by atoms with van der Waals surface area (Å²) in [6.07, 6.45) is 0. The van der Waals surface area contributed by atoms with E-state index in [-0.39, 0.29) is 12.5 Å². The average Bonchev–Trinajstić information content (AvgIpc) is 3.03. The van der Waals surface area contributed by atoms with Crippen LogP contribution >= 0.6 is 0 Å². The lowest BCUT2D eigenvalue weighted by molar-refractivity contribution is -0.176. The third kappa shape index (κ3) is 4.17. The quantitative estimate of drug-likeness (QED) is 0.469. The number of nitrogens with two attached hydrogens (primary N) is 2. The lowest BCUT2D eigenvalue weighted by Crippen LogP contribution is -2.70. The van der Waals surface area contributed by atoms with Gasteiger partial charge in [-0.3, -0.25) is 4.79 Å². The van der Waals surface area contributed by atoms with E-state index in [1.54, 1.807) is 20.8 Å². The molecule has 2 unspecified atom stereocenters. The van der Waals surface area contributed by atoms with Crippen molar-refractivity contribution in [1.82, 2.24) is 0 Å². The van der Waals surface area contributed by atoms with Crippen molar-refractivity contribution in [2.45, 2.75) is 43.9 Å². The molecule has 0 amide bonds. The molecule has 0 aromatic heterocycles. The van der Waals surface area contributed by atoms with Crippen LogP contribution in [0.3, 0.4) is 0 Å². The van der Waals surface area contributed by atoms with Crippen LogP contribution in [0.1, 0.15) is 37.8 Å². The number of carboxylic acid groups (broad SMARTS) is 1. The first kappa shape index (κ1) is 22.5. The van der Waals surface area contributed by atoms with Crippen molar-refractivity contribution in [2.75, 3.05) is 6.61 Å². The third-order valence-electron chi connectivity index (χ3n) is 5.17. The van der Waals surface area contributed by atoms with Gasteiger partial charge in [-0.25, -0.2) is 9.59 Å². The molecular weight excluding hydrogens is 400 g/mol. The number of hydrogen-bond donors (Lipinski definition) is 3. The van der Waals surface area contributed by atoms with Gasteiger partial charge in [0.2, 0.25) is 5.54 Å². The van der Waals surface area contributed by atoms with Crippen LogP contribution in [0, 0.1) is 0 Å². The van der Waals surface area contributed by atoms with E-state index < -0.39 is 35.1 Å². The fourth-order valence-corrected chi connectivity index (χ4v) is 3.61. The number of ether oxygens (including phenoxy) is 2. The fourth-order valence-electron chi connectivity index (χ4n) is 3.61. The summed E-state index contributed by atoms with van der Waals surface area (Å²) in [4.78, 5) is 37.1. The van der Waals surface area contributed by atoms with Crippen molar-refractivity contribution in [1.29, 1.82) is 0 Å². The Balaban J connectivity index is 1.88. The SMILES string of the molecule is CC(C)(C)OC(=O)C(N)(C(=O)OCC1c2ccccc2-c2ccccc21)C(N)C(=O)O. The maximum absolute atomic E-state index is 12.9. The Labute approximate surface area is 180 Å². The molecule has 0 aliphatic heterocycles. The summed E-state index contributed by atoms with van der Waals surface area (Å²) >= 11 is 0. The average molecular weight is 426 g/mol. The van der Waals surface area contributed by atoms with Gasteiger partial charge in [0.15, 0.2) is 0 Å². The second-order valence-electron chi connectivity index (χ2n) is 8.51. The number of carboxylic acids is 1. The predicted molar refractivity (Wildman–Crippen MR) is 113 cm³/mol. The number of benzene rings is 2. The van der Waals surface area contributed by atoms with E-state index in [0.717, 1.165) is 22.3 Å². The molecule has 2 aromatic rings. The summed E-state index contributed by atoms with van der Waals surface area (Å²) in [5.41, 5.74) is 11.8. The molecule has 0 fully saturated rings. The molecule has 5 N–H and O–H groups in total. The minimum Gasteiger partial charge on any atom is -0.480 e. The van der Waals surface area contributed by atoms with Crippen LogP contribution in [0.15, 0.2) is 48.5 Å². The van der Waals surface area contributed by atoms with E-state index in [4.69, 9.17) is 20.9 Å². The molecule has 8 nitrogen and oxygen atoms in total. The molecule has 3 rings (SSSR count). The van der Waals surface area contributed by atoms with E-state index in [9.17, 15) is 19.5 Å². The summed E-state index contributed by atoms with van der Waals surface area (Å²) < 4.78 is 10.6. The molecule has 8 heteroatoms. The topological polar surface area (TPSA) is 142 Å². The van der Waals surface area contributed by atoms with Gasteiger partial charge < -0.3 is 26.0 Å². The first-order valence-electron chi connectivity index (χ1n) is 9.83. The summed E-state index contributed by atoms with van der Waals surface area (Å²) in [6.45, 7) is 4.56. The van der Waals surface area contributed by atoms with Gasteiger partial charge in [0.05, 0.1) is 0 Å². The lowest BCUT2D eigenvalue weighted by Gasteiger charge is -2.32. The van der Waals surface area contributed by atoms with Gasteiger partial charge in [0.25, 0.3) is 0 Å². The largest absolute Gasteiger partial charge is 0.480 e. The Hall–Kier alpha value is -3.23. The number of hydrogen-bond acceptors (Lipinski definition) is 7. The maximum Gasteiger partial charge on any atom is 0.340 e. The van der Waals surface area contributed by atoms with Crippen molar-refractivity contribution in [3.05, 3.63) is 59.7 Å². The molecule has 31 heavy (non-hydrogen) atoms. The first-order chi connectivity index (χ1) is 14.5. The maximum atomic E-state index is 12.9. The molecule has 0 bridgehead atoms. The predicted octanol–water partition coefficient (Wildman–Crippen LogP) is 1.79. The van der Waals surface area contributed by atoms with E-state index in [1.807, 2.05) is 48.5 Å². The van der Waals surface area contributed by atoms with Gasteiger partial charge in [-0.2, -0.15) is 0 Å². The molecule has 164 valence electrons. The number of aliphatic carboxylic acids is 1. The van der Waals surface area contributed by atoms with Crippen molar-refractivity contribution in [2.24, 2.45) is 11.5 Å². The number of carbonyl (C=O) groups is 3. The summed E-state index contributed by atoms with van der Waals surface area (Å²) in [5.74, 6) is -4.42. The highest BCUT2D eigenvalue weighted by Crippen LogP contribution is 2.44. The molecule has 2 atom stereocenters. The zero-order chi connectivity index (χ0) is 23.0. The van der Waals surface area contributed by atoms with Gasteiger partial charge in [0, 0.05) is 5.92 Å². The molecule has 0 spiro atoms. The smallest absolute Gasteiger partial charge is 0.340 e. The Morgan fingerprint density at radius 3 is 1.90 bits per heavy atom.